The van der Waals surface area contributed by atoms with E-state index in [1.54, 1.807) is 6.07 Å². The number of nitrogens with two attached hydrogens (primary N) is 1. The van der Waals surface area contributed by atoms with E-state index in [4.69, 9.17) is 10.5 Å². The van der Waals surface area contributed by atoms with Gasteiger partial charge in [-0.1, -0.05) is 6.42 Å². The Labute approximate surface area is 121 Å². The topological polar surface area (TPSA) is 72.6 Å². The van der Waals surface area contributed by atoms with Crippen LogP contribution in [0.2, 0.25) is 0 Å². The number of nitrogens with zero attached hydrogens (tertiary/aromatic N) is 1. The molecule has 0 saturated carbocycles. The summed E-state index contributed by atoms with van der Waals surface area (Å²) in [5.41, 5.74) is 6.17. The minimum atomic E-state index is -3.54. The predicted molar refractivity (Wildman–Crippen MR) is 77.7 cm³/mol. The summed E-state index contributed by atoms with van der Waals surface area (Å²) in [4.78, 5) is 0.137. The van der Waals surface area contributed by atoms with Gasteiger partial charge in [0.05, 0.1) is 7.11 Å². The van der Waals surface area contributed by atoms with Crippen LogP contribution in [0.1, 0.15) is 19.3 Å². The Hall–Kier alpha value is -0.790. The molecule has 5 nitrogen and oxygen atoms in total. The van der Waals surface area contributed by atoms with Gasteiger partial charge in [0.15, 0.2) is 0 Å². The molecular formula is C12H17BrN2O3S. The summed E-state index contributed by atoms with van der Waals surface area (Å²) in [5, 5.41) is 0. The van der Waals surface area contributed by atoms with Crippen LogP contribution in [0.4, 0.5) is 5.69 Å². The molecule has 1 heterocycles. The van der Waals surface area contributed by atoms with Gasteiger partial charge < -0.3 is 10.5 Å². The summed E-state index contributed by atoms with van der Waals surface area (Å²) in [6, 6.07) is 3.04. The largest absolute Gasteiger partial charge is 0.495 e. The fourth-order valence-corrected chi connectivity index (χ4v) is 4.17. The van der Waals surface area contributed by atoms with Gasteiger partial charge in [-0.15, -0.1) is 0 Å². The van der Waals surface area contributed by atoms with Gasteiger partial charge in [0.1, 0.15) is 10.6 Å². The summed E-state index contributed by atoms with van der Waals surface area (Å²) in [7, 11) is -2.08. The lowest BCUT2D eigenvalue weighted by Gasteiger charge is -2.26. The quantitative estimate of drug-likeness (QED) is 0.850. The second-order valence-electron chi connectivity index (χ2n) is 4.49. The van der Waals surface area contributed by atoms with Gasteiger partial charge in [-0.2, -0.15) is 4.31 Å². The van der Waals surface area contributed by atoms with Crippen molar-refractivity contribution in [3.05, 3.63) is 16.6 Å². The summed E-state index contributed by atoms with van der Waals surface area (Å²) in [5.74, 6) is 0.312. The van der Waals surface area contributed by atoms with Crippen LogP contribution in [0.3, 0.4) is 0 Å². The Kier molecular flexibility index (Phi) is 4.37. The van der Waals surface area contributed by atoms with Gasteiger partial charge in [0, 0.05) is 23.2 Å². The first-order valence-corrected chi connectivity index (χ1v) is 8.33. The number of piperidine rings is 1. The van der Waals surface area contributed by atoms with Gasteiger partial charge in [-0.25, -0.2) is 8.42 Å². The van der Waals surface area contributed by atoms with Crippen molar-refractivity contribution in [2.75, 3.05) is 25.9 Å². The minimum Gasteiger partial charge on any atom is -0.495 e. The lowest BCUT2D eigenvalue weighted by Crippen LogP contribution is -2.35. The van der Waals surface area contributed by atoms with E-state index < -0.39 is 10.0 Å². The SMILES string of the molecule is COc1cc(Br)c(N)cc1S(=O)(=O)N1CCCCC1. The van der Waals surface area contributed by atoms with Gasteiger partial charge in [0.25, 0.3) is 0 Å². The molecule has 0 radical (unpaired) electrons. The van der Waals surface area contributed by atoms with Gasteiger partial charge in [-0.3, -0.25) is 0 Å². The van der Waals surface area contributed by atoms with E-state index >= 15 is 0 Å². The fraction of sp³-hybridized carbons (Fsp3) is 0.500. The van der Waals surface area contributed by atoms with Crippen LogP contribution >= 0.6 is 15.9 Å². The third-order valence-electron chi connectivity index (χ3n) is 3.22. The summed E-state index contributed by atoms with van der Waals surface area (Å²) >= 11 is 3.27. The second kappa shape index (κ2) is 5.68. The van der Waals surface area contributed by atoms with Crippen molar-refractivity contribution < 1.29 is 13.2 Å². The maximum Gasteiger partial charge on any atom is 0.246 e. The highest BCUT2D eigenvalue weighted by Gasteiger charge is 2.29. The zero-order valence-electron chi connectivity index (χ0n) is 10.7. The predicted octanol–water partition coefficient (Wildman–Crippen LogP) is 2.21. The first-order chi connectivity index (χ1) is 8.96. The zero-order chi connectivity index (χ0) is 14.0. The molecule has 19 heavy (non-hydrogen) atoms. The van der Waals surface area contributed by atoms with Crippen LogP contribution in [-0.2, 0) is 10.0 Å². The van der Waals surface area contributed by atoms with Crippen molar-refractivity contribution in [1.82, 2.24) is 4.31 Å². The van der Waals surface area contributed by atoms with Crippen LogP contribution in [0.25, 0.3) is 0 Å². The number of rotatable bonds is 3. The van der Waals surface area contributed by atoms with Crippen molar-refractivity contribution in [3.8, 4) is 5.75 Å². The number of hydrogen-bond acceptors (Lipinski definition) is 4. The Morgan fingerprint density at radius 2 is 1.89 bits per heavy atom. The van der Waals surface area contributed by atoms with E-state index in [9.17, 15) is 8.42 Å². The molecule has 0 atom stereocenters. The molecule has 2 rings (SSSR count). The third-order valence-corrected chi connectivity index (χ3v) is 5.82. The molecule has 1 aliphatic rings. The van der Waals surface area contributed by atoms with Crippen LogP contribution < -0.4 is 10.5 Å². The molecule has 1 aliphatic heterocycles. The van der Waals surface area contributed by atoms with E-state index in [0.29, 0.717) is 29.0 Å². The number of benzene rings is 1. The van der Waals surface area contributed by atoms with Crippen molar-refractivity contribution in [1.29, 1.82) is 0 Å². The highest BCUT2D eigenvalue weighted by atomic mass is 79.9. The Balaban J connectivity index is 2.47. The molecular weight excluding hydrogens is 332 g/mol. The van der Waals surface area contributed by atoms with E-state index in [-0.39, 0.29) is 4.90 Å². The molecule has 7 heteroatoms. The average molecular weight is 349 g/mol. The number of halogens is 1. The van der Waals surface area contributed by atoms with Crippen LogP contribution in [-0.4, -0.2) is 32.9 Å². The fourth-order valence-electron chi connectivity index (χ4n) is 2.16. The van der Waals surface area contributed by atoms with Crippen LogP contribution in [0.15, 0.2) is 21.5 Å². The van der Waals surface area contributed by atoms with Gasteiger partial charge in [0.2, 0.25) is 10.0 Å². The standard InChI is InChI=1S/C12H17BrN2O3S/c1-18-11-7-9(13)10(14)8-12(11)19(16,17)15-5-3-2-4-6-15/h7-8H,2-6,14H2,1H3. The van der Waals surface area contributed by atoms with Crippen molar-refractivity contribution in [3.63, 3.8) is 0 Å². The molecule has 0 unspecified atom stereocenters. The van der Waals surface area contributed by atoms with E-state index in [1.807, 2.05) is 0 Å². The van der Waals surface area contributed by atoms with E-state index in [0.717, 1.165) is 19.3 Å². The number of anilines is 1. The third kappa shape index (κ3) is 2.88. The van der Waals surface area contributed by atoms with Crippen LogP contribution in [0.5, 0.6) is 5.75 Å². The van der Waals surface area contributed by atoms with Crippen LogP contribution in [0, 0.1) is 0 Å². The highest BCUT2D eigenvalue weighted by Crippen LogP contribution is 2.34. The number of hydrogen-bond donors (Lipinski definition) is 1. The molecule has 0 spiro atoms. The molecule has 1 fully saturated rings. The molecule has 1 aromatic rings. The highest BCUT2D eigenvalue weighted by molar-refractivity contribution is 9.10. The minimum absolute atomic E-state index is 0.137. The first-order valence-electron chi connectivity index (χ1n) is 6.10. The second-order valence-corrected chi connectivity index (χ2v) is 7.25. The molecule has 0 amide bonds. The first kappa shape index (κ1) is 14.6. The molecule has 0 aliphatic carbocycles. The number of nitrogen functional groups attached to an aromatic ring is 1. The lowest BCUT2D eigenvalue weighted by atomic mass is 10.2. The molecule has 0 bridgehead atoms. The maximum atomic E-state index is 12.6. The Morgan fingerprint density at radius 1 is 1.26 bits per heavy atom. The van der Waals surface area contributed by atoms with E-state index in [2.05, 4.69) is 15.9 Å². The summed E-state index contributed by atoms with van der Waals surface area (Å²) < 4.78 is 32.5. The Bertz CT molecular complexity index is 569. The molecule has 106 valence electrons. The molecule has 2 N–H and O–H groups in total. The van der Waals surface area contributed by atoms with E-state index in [1.165, 1.54) is 17.5 Å². The Morgan fingerprint density at radius 3 is 2.47 bits per heavy atom. The molecule has 1 aromatic carbocycles. The molecule has 0 aromatic heterocycles. The zero-order valence-corrected chi connectivity index (χ0v) is 13.1. The summed E-state index contributed by atoms with van der Waals surface area (Å²) in [6.45, 7) is 1.11. The number of ether oxygens (including phenoxy) is 1. The maximum absolute atomic E-state index is 12.6. The van der Waals surface area contributed by atoms with Crippen molar-refractivity contribution >= 4 is 31.6 Å². The van der Waals surface area contributed by atoms with Crippen molar-refractivity contribution in [2.24, 2.45) is 0 Å². The number of sulfonamides is 1. The number of methoxy groups -OCH3 is 1. The monoisotopic (exact) mass is 348 g/mol. The smallest absolute Gasteiger partial charge is 0.246 e. The molecule has 1 saturated heterocycles. The average Bonchev–Trinajstić information content (AvgIpc) is 2.42. The summed E-state index contributed by atoms with van der Waals surface area (Å²) in [6.07, 6.45) is 2.87. The van der Waals surface area contributed by atoms with Gasteiger partial charge in [-0.05, 0) is 40.9 Å². The normalized spacial score (nSPS) is 17.4. The lowest BCUT2D eigenvalue weighted by molar-refractivity contribution is 0.343. The van der Waals surface area contributed by atoms with Gasteiger partial charge >= 0.3 is 0 Å². The van der Waals surface area contributed by atoms with Crippen molar-refractivity contribution in [2.45, 2.75) is 24.2 Å².